The van der Waals surface area contributed by atoms with Crippen LogP contribution in [0.15, 0.2) is 140 Å². The molecule has 226 valence electrons. The zero-order chi connectivity index (χ0) is 31.1. The smallest absolute Gasteiger partial charge is 0.270 e. The molecule has 0 fully saturated rings. The van der Waals surface area contributed by atoms with E-state index in [1.54, 1.807) is 18.3 Å². The van der Waals surface area contributed by atoms with Crippen LogP contribution in [0.3, 0.4) is 0 Å². The van der Waals surface area contributed by atoms with E-state index in [4.69, 9.17) is 10.2 Å². The van der Waals surface area contributed by atoms with Crippen LogP contribution in [0.1, 0.15) is 44.9 Å². The van der Waals surface area contributed by atoms with Crippen molar-refractivity contribution in [2.45, 2.75) is 31.8 Å². The molecule has 1 atom stereocenters. The highest BCUT2D eigenvalue weighted by atomic mass is 16.2. The Balaban J connectivity index is 1.25. The fourth-order valence-corrected chi connectivity index (χ4v) is 5.94. The molecule has 7 aromatic rings. The van der Waals surface area contributed by atoms with Gasteiger partial charge in [-0.3, -0.25) is 9.78 Å². The third-order valence-electron chi connectivity index (χ3n) is 8.35. The van der Waals surface area contributed by atoms with Crippen molar-refractivity contribution in [3.05, 3.63) is 174 Å². The second kappa shape index (κ2) is 13.4. The number of amides is 1. The highest BCUT2D eigenvalue weighted by Crippen LogP contribution is 2.26. The molecule has 0 aliphatic rings. The summed E-state index contributed by atoms with van der Waals surface area (Å²) in [5.74, 6) is 1.34. The summed E-state index contributed by atoms with van der Waals surface area (Å²) < 4.78 is 2.18. The van der Waals surface area contributed by atoms with E-state index >= 15 is 0 Å². The van der Waals surface area contributed by atoms with Crippen LogP contribution in [-0.2, 0) is 25.8 Å². The third kappa shape index (κ3) is 6.49. The molecule has 0 unspecified atom stereocenters. The van der Waals surface area contributed by atoms with Gasteiger partial charge in [-0.2, -0.15) is 0 Å². The second-order valence-corrected chi connectivity index (χ2v) is 11.4. The molecule has 7 rings (SSSR count). The zero-order valence-corrected chi connectivity index (χ0v) is 25.4. The number of para-hydroxylation sites is 1. The molecule has 3 heterocycles. The maximum atomic E-state index is 13.5. The fraction of sp³-hybridized carbons (Fsp3) is 0.128. The minimum atomic E-state index is -0.449. The van der Waals surface area contributed by atoms with E-state index in [0.29, 0.717) is 30.9 Å². The van der Waals surface area contributed by atoms with Crippen LogP contribution in [-0.4, -0.2) is 30.6 Å². The number of pyridine rings is 1. The van der Waals surface area contributed by atoms with Crippen LogP contribution in [0.4, 0.5) is 0 Å². The number of nitrogens with zero attached hydrogens (tertiary/aromatic N) is 4. The number of carbonyl (C=O) groups is 1. The van der Waals surface area contributed by atoms with Crippen LogP contribution in [0, 0.1) is 0 Å². The van der Waals surface area contributed by atoms with Gasteiger partial charge in [-0.1, -0.05) is 109 Å². The lowest BCUT2D eigenvalue weighted by atomic mass is 10.0. The van der Waals surface area contributed by atoms with E-state index in [0.717, 1.165) is 39.8 Å². The van der Waals surface area contributed by atoms with Gasteiger partial charge in [0.2, 0.25) is 0 Å². The summed E-state index contributed by atoms with van der Waals surface area (Å²) in [6.07, 6.45) is 5.73. The third-order valence-corrected chi connectivity index (χ3v) is 8.35. The van der Waals surface area contributed by atoms with E-state index in [1.165, 1.54) is 11.1 Å². The van der Waals surface area contributed by atoms with Gasteiger partial charge in [0.25, 0.3) is 5.91 Å². The van der Waals surface area contributed by atoms with E-state index in [9.17, 15) is 4.79 Å². The van der Waals surface area contributed by atoms with Crippen molar-refractivity contribution in [3.8, 4) is 11.1 Å². The van der Waals surface area contributed by atoms with Crippen LogP contribution in [0.25, 0.3) is 22.0 Å². The Kier molecular flexibility index (Phi) is 8.45. The number of benzene rings is 4. The minimum absolute atomic E-state index is 0.252. The molecule has 4 aromatic carbocycles. The van der Waals surface area contributed by atoms with Gasteiger partial charge < -0.3 is 14.9 Å². The van der Waals surface area contributed by atoms with E-state index in [1.807, 2.05) is 36.5 Å². The minimum Gasteiger partial charge on any atom is -0.361 e. The SMILES string of the molecule is O=C(N[C@H](Cc1c[nH]c2ccccc12)c1nnc(CCc2ccccc2)n1Cc1ccc(-c2ccccc2)cc1)c1ccccn1. The number of H-pyrrole nitrogens is 1. The Morgan fingerprint density at radius 3 is 2.22 bits per heavy atom. The monoisotopic (exact) mass is 602 g/mol. The second-order valence-electron chi connectivity index (χ2n) is 11.4. The molecule has 0 bridgehead atoms. The topological polar surface area (TPSA) is 88.5 Å². The molecule has 0 aliphatic carbocycles. The lowest BCUT2D eigenvalue weighted by Crippen LogP contribution is -2.33. The van der Waals surface area contributed by atoms with Gasteiger partial charge in [-0.05, 0) is 52.4 Å². The van der Waals surface area contributed by atoms with Crippen molar-refractivity contribution in [2.75, 3.05) is 0 Å². The van der Waals surface area contributed by atoms with Gasteiger partial charge in [-0.15, -0.1) is 10.2 Å². The van der Waals surface area contributed by atoms with E-state index in [2.05, 4.69) is 105 Å². The van der Waals surface area contributed by atoms with Gasteiger partial charge >= 0.3 is 0 Å². The molecule has 0 saturated carbocycles. The van der Waals surface area contributed by atoms with Gasteiger partial charge in [0.15, 0.2) is 5.82 Å². The summed E-state index contributed by atoms with van der Waals surface area (Å²) in [7, 11) is 0. The first-order chi connectivity index (χ1) is 22.7. The number of hydrogen-bond acceptors (Lipinski definition) is 4. The Labute approximate surface area is 268 Å². The molecule has 3 aromatic heterocycles. The summed E-state index contributed by atoms with van der Waals surface area (Å²) in [5.41, 5.74) is 7.22. The largest absolute Gasteiger partial charge is 0.361 e. The van der Waals surface area contributed by atoms with Crippen LogP contribution in [0.2, 0.25) is 0 Å². The number of carbonyl (C=O) groups excluding carboxylic acids is 1. The van der Waals surface area contributed by atoms with Crippen molar-refractivity contribution in [1.29, 1.82) is 0 Å². The Morgan fingerprint density at radius 1 is 0.717 bits per heavy atom. The summed E-state index contributed by atoms with van der Waals surface area (Å²) in [6.45, 7) is 0.575. The van der Waals surface area contributed by atoms with E-state index in [-0.39, 0.29) is 5.91 Å². The number of aromatic nitrogens is 5. The molecule has 2 N–H and O–H groups in total. The Hall–Kier alpha value is -5.82. The first-order valence-corrected chi connectivity index (χ1v) is 15.6. The normalized spacial score (nSPS) is 11.8. The number of aryl methyl sites for hydroxylation is 2. The molecule has 7 heteroatoms. The van der Waals surface area contributed by atoms with Crippen molar-refractivity contribution in [2.24, 2.45) is 0 Å². The first kappa shape index (κ1) is 28.9. The van der Waals surface area contributed by atoms with Crippen molar-refractivity contribution in [1.82, 2.24) is 30.0 Å². The summed E-state index contributed by atoms with van der Waals surface area (Å²) in [5, 5.41) is 13.9. The molecule has 46 heavy (non-hydrogen) atoms. The molecule has 1 amide bonds. The maximum absolute atomic E-state index is 13.5. The van der Waals surface area contributed by atoms with Crippen molar-refractivity contribution >= 4 is 16.8 Å². The van der Waals surface area contributed by atoms with Gasteiger partial charge in [0.05, 0.1) is 12.6 Å². The Morgan fingerprint density at radius 2 is 1.43 bits per heavy atom. The fourth-order valence-electron chi connectivity index (χ4n) is 5.94. The highest BCUT2D eigenvalue weighted by Gasteiger charge is 2.26. The molecular formula is C39H34N6O. The van der Waals surface area contributed by atoms with E-state index < -0.39 is 6.04 Å². The summed E-state index contributed by atoms with van der Waals surface area (Å²) >= 11 is 0. The predicted molar refractivity (Wildman–Crippen MR) is 181 cm³/mol. The van der Waals surface area contributed by atoms with Gasteiger partial charge in [0, 0.05) is 36.1 Å². The van der Waals surface area contributed by atoms with Crippen molar-refractivity contribution in [3.63, 3.8) is 0 Å². The number of fused-ring (bicyclic) bond motifs is 1. The van der Waals surface area contributed by atoms with Crippen LogP contribution < -0.4 is 5.32 Å². The lowest BCUT2D eigenvalue weighted by molar-refractivity contribution is 0.0929. The Bertz CT molecular complexity index is 2030. The average Bonchev–Trinajstić information content (AvgIpc) is 3.72. The summed E-state index contributed by atoms with van der Waals surface area (Å²) in [6, 6.07) is 42.5. The van der Waals surface area contributed by atoms with Crippen LogP contribution in [0.5, 0.6) is 0 Å². The molecule has 0 spiro atoms. The van der Waals surface area contributed by atoms with Crippen molar-refractivity contribution < 1.29 is 4.79 Å². The standard InChI is InChI=1S/C39H34N6O/c46-39(35-17-9-10-24-40-35)42-36(25-32-26-41-34-16-8-7-15-33(32)34)38-44-43-37(23-20-28-11-3-1-4-12-28)45(38)27-29-18-21-31(22-19-29)30-13-5-2-6-14-30/h1-19,21-22,24,26,36,41H,20,23,25,27H2,(H,42,46)/t36-/m1/s1. The zero-order valence-electron chi connectivity index (χ0n) is 25.4. The summed E-state index contributed by atoms with van der Waals surface area (Å²) in [4.78, 5) is 21.2. The molecule has 0 saturated heterocycles. The predicted octanol–water partition coefficient (Wildman–Crippen LogP) is 7.37. The molecule has 7 nitrogen and oxygen atoms in total. The maximum Gasteiger partial charge on any atom is 0.270 e. The highest BCUT2D eigenvalue weighted by molar-refractivity contribution is 5.92. The molecule has 0 radical (unpaired) electrons. The number of hydrogen-bond donors (Lipinski definition) is 2. The number of nitrogens with one attached hydrogen (secondary N) is 2. The number of aromatic amines is 1. The molecule has 0 aliphatic heterocycles. The number of rotatable bonds is 11. The molecular weight excluding hydrogens is 568 g/mol. The average molecular weight is 603 g/mol. The van der Waals surface area contributed by atoms with Crippen LogP contribution >= 0.6 is 0 Å². The van der Waals surface area contributed by atoms with Gasteiger partial charge in [-0.25, -0.2) is 0 Å². The quantitative estimate of drug-likeness (QED) is 0.162. The first-order valence-electron chi connectivity index (χ1n) is 15.6. The van der Waals surface area contributed by atoms with Gasteiger partial charge in [0.1, 0.15) is 11.5 Å². The lowest BCUT2D eigenvalue weighted by Gasteiger charge is -2.20.